The Kier molecular flexibility index (Phi) is 9.97. The molecule has 0 bridgehead atoms. The number of rotatable bonds is 10. The van der Waals surface area contributed by atoms with Gasteiger partial charge in [-0.3, -0.25) is 4.90 Å². The molecule has 0 spiro atoms. The van der Waals surface area contributed by atoms with Crippen LogP contribution in [-0.4, -0.2) is 31.1 Å². The summed E-state index contributed by atoms with van der Waals surface area (Å²) in [5.41, 5.74) is 0. The van der Waals surface area contributed by atoms with Crippen molar-refractivity contribution < 1.29 is 9.47 Å². The maximum Gasteiger partial charge on any atom is 0.169 e. The van der Waals surface area contributed by atoms with E-state index in [0.29, 0.717) is 6.61 Å². The minimum atomic E-state index is 0. The third-order valence-corrected chi connectivity index (χ3v) is 3.56. The van der Waals surface area contributed by atoms with Crippen LogP contribution in [0.2, 0.25) is 0 Å². The van der Waals surface area contributed by atoms with Crippen molar-refractivity contribution >= 4 is 12.4 Å². The van der Waals surface area contributed by atoms with Gasteiger partial charge in [0, 0.05) is 6.54 Å². The van der Waals surface area contributed by atoms with Crippen LogP contribution in [-0.2, 0) is 0 Å². The molecule has 0 aliphatic heterocycles. The first-order valence-electron chi connectivity index (χ1n) is 8.50. The lowest BCUT2D eigenvalue weighted by Crippen LogP contribution is -2.30. The molecule has 0 radical (unpaired) electrons. The molecule has 0 heterocycles. The zero-order valence-corrected chi connectivity index (χ0v) is 15.4. The average Bonchev–Trinajstić information content (AvgIpc) is 2.58. The number of halogens is 1. The third-order valence-electron chi connectivity index (χ3n) is 3.56. The summed E-state index contributed by atoms with van der Waals surface area (Å²) in [6, 6.07) is 17.6. The predicted molar refractivity (Wildman–Crippen MR) is 103 cm³/mol. The van der Waals surface area contributed by atoms with Crippen molar-refractivity contribution in [1.82, 2.24) is 4.90 Å². The van der Waals surface area contributed by atoms with Crippen molar-refractivity contribution in [1.29, 1.82) is 0 Å². The van der Waals surface area contributed by atoms with Gasteiger partial charge in [-0.1, -0.05) is 44.2 Å². The quantitative estimate of drug-likeness (QED) is 0.573. The number of ether oxygens (including phenoxy) is 2. The fourth-order valence-corrected chi connectivity index (χ4v) is 2.52. The van der Waals surface area contributed by atoms with Gasteiger partial charge in [-0.2, -0.15) is 0 Å². The van der Waals surface area contributed by atoms with Gasteiger partial charge in [0.2, 0.25) is 0 Å². The monoisotopic (exact) mass is 349 g/mol. The largest absolute Gasteiger partial charge is 0.488 e. The number of hydrogen-bond donors (Lipinski definition) is 0. The summed E-state index contributed by atoms with van der Waals surface area (Å²) in [7, 11) is 0. The van der Waals surface area contributed by atoms with Gasteiger partial charge in [-0.05, 0) is 50.2 Å². The Balaban J connectivity index is 0.00000288. The Morgan fingerprint density at radius 3 is 1.96 bits per heavy atom. The van der Waals surface area contributed by atoms with Crippen molar-refractivity contribution in [3.05, 3.63) is 54.6 Å². The van der Waals surface area contributed by atoms with Crippen LogP contribution in [0, 0.1) is 0 Å². The standard InChI is InChI=1S/C20H27NO2.ClH/c1-3-14-21(15-4-2)16-17-22-19-12-8-9-13-20(19)23-18-10-6-5-7-11-18;/h5-13H,3-4,14-17H2,1-2H3;1H. The van der Waals surface area contributed by atoms with E-state index in [2.05, 4.69) is 18.7 Å². The van der Waals surface area contributed by atoms with Crippen LogP contribution in [0.4, 0.5) is 0 Å². The molecule has 0 unspecified atom stereocenters. The normalized spacial score (nSPS) is 10.3. The van der Waals surface area contributed by atoms with Gasteiger partial charge in [-0.25, -0.2) is 0 Å². The van der Waals surface area contributed by atoms with Crippen molar-refractivity contribution in [3.63, 3.8) is 0 Å². The summed E-state index contributed by atoms with van der Waals surface area (Å²) in [4.78, 5) is 2.45. The lowest BCUT2D eigenvalue weighted by atomic mass is 10.3. The molecule has 2 aromatic carbocycles. The van der Waals surface area contributed by atoms with Gasteiger partial charge in [-0.15, -0.1) is 12.4 Å². The molecule has 0 aliphatic carbocycles. The molecule has 0 amide bonds. The Hall–Kier alpha value is -1.71. The molecule has 2 rings (SSSR count). The third kappa shape index (κ3) is 6.81. The highest BCUT2D eigenvalue weighted by molar-refractivity contribution is 5.85. The van der Waals surface area contributed by atoms with Crippen LogP contribution in [0.25, 0.3) is 0 Å². The first-order chi connectivity index (χ1) is 11.3. The zero-order chi connectivity index (χ0) is 16.3. The Morgan fingerprint density at radius 2 is 1.33 bits per heavy atom. The summed E-state index contributed by atoms with van der Waals surface area (Å²) < 4.78 is 11.9. The molecule has 24 heavy (non-hydrogen) atoms. The fourth-order valence-electron chi connectivity index (χ4n) is 2.52. The van der Waals surface area contributed by atoms with Crippen molar-refractivity contribution in [2.24, 2.45) is 0 Å². The van der Waals surface area contributed by atoms with E-state index in [1.807, 2.05) is 54.6 Å². The molecule has 2 aromatic rings. The number of hydrogen-bond acceptors (Lipinski definition) is 3. The van der Waals surface area contributed by atoms with E-state index in [1.165, 1.54) is 12.8 Å². The Morgan fingerprint density at radius 1 is 0.750 bits per heavy atom. The summed E-state index contributed by atoms with van der Waals surface area (Å²) in [6.45, 7) is 8.30. The van der Waals surface area contributed by atoms with Gasteiger partial charge < -0.3 is 9.47 Å². The Bertz CT molecular complexity index is 557. The molecule has 0 N–H and O–H groups in total. The highest BCUT2D eigenvalue weighted by Crippen LogP contribution is 2.30. The van der Waals surface area contributed by atoms with Gasteiger partial charge in [0.15, 0.2) is 11.5 Å². The van der Waals surface area contributed by atoms with E-state index in [9.17, 15) is 0 Å². The number of nitrogens with zero attached hydrogens (tertiary/aromatic N) is 1. The lowest BCUT2D eigenvalue weighted by Gasteiger charge is -2.21. The molecule has 132 valence electrons. The average molecular weight is 350 g/mol. The molecule has 4 heteroatoms. The van der Waals surface area contributed by atoms with Gasteiger partial charge in [0.05, 0.1) is 0 Å². The highest BCUT2D eigenvalue weighted by Gasteiger charge is 2.07. The van der Waals surface area contributed by atoms with Crippen molar-refractivity contribution in [2.75, 3.05) is 26.2 Å². The highest BCUT2D eigenvalue weighted by atomic mass is 35.5. The maximum atomic E-state index is 5.97. The topological polar surface area (TPSA) is 21.7 Å². The van der Waals surface area contributed by atoms with Gasteiger partial charge in [0.25, 0.3) is 0 Å². The van der Waals surface area contributed by atoms with E-state index in [1.54, 1.807) is 0 Å². The van der Waals surface area contributed by atoms with Crippen LogP contribution in [0.3, 0.4) is 0 Å². The molecular formula is C20H28ClNO2. The molecule has 3 nitrogen and oxygen atoms in total. The van der Waals surface area contributed by atoms with Gasteiger partial charge >= 0.3 is 0 Å². The smallest absolute Gasteiger partial charge is 0.169 e. The molecular weight excluding hydrogens is 322 g/mol. The second kappa shape index (κ2) is 11.8. The maximum absolute atomic E-state index is 5.97. The van der Waals surface area contributed by atoms with Crippen LogP contribution in [0.1, 0.15) is 26.7 Å². The van der Waals surface area contributed by atoms with E-state index < -0.39 is 0 Å². The fraction of sp³-hybridized carbons (Fsp3) is 0.400. The predicted octanol–water partition coefficient (Wildman–Crippen LogP) is 5.40. The molecule has 0 saturated heterocycles. The number of benzene rings is 2. The first-order valence-corrected chi connectivity index (χ1v) is 8.50. The molecule has 0 atom stereocenters. The minimum absolute atomic E-state index is 0. The zero-order valence-electron chi connectivity index (χ0n) is 14.6. The second-order valence-corrected chi connectivity index (χ2v) is 5.55. The second-order valence-electron chi connectivity index (χ2n) is 5.55. The summed E-state index contributed by atoms with van der Waals surface area (Å²) in [5.74, 6) is 2.38. The van der Waals surface area contributed by atoms with Crippen molar-refractivity contribution in [3.8, 4) is 17.2 Å². The summed E-state index contributed by atoms with van der Waals surface area (Å²) in [5, 5.41) is 0. The van der Waals surface area contributed by atoms with Gasteiger partial charge in [0.1, 0.15) is 12.4 Å². The van der Waals surface area contributed by atoms with Crippen LogP contribution < -0.4 is 9.47 Å². The SMILES string of the molecule is CCCN(CCC)CCOc1ccccc1Oc1ccccc1.Cl. The summed E-state index contributed by atoms with van der Waals surface area (Å²) >= 11 is 0. The van der Waals surface area contributed by atoms with Crippen LogP contribution in [0.15, 0.2) is 54.6 Å². The lowest BCUT2D eigenvalue weighted by molar-refractivity contribution is 0.205. The van der Waals surface area contributed by atoms with E-state index in [-0.39, 0.29) is 12.4 Å². The van der Waals surface area contributed by atoms with E-state index in [0.717, 1.165) is 36.9 Å². The molecule has 0 aromatic heterocycles. The van der Waals surface area contributed by atoms with Crippen molar-refractivity contribution in [2.45, 2.75) is 26.7 Å². The molecule has 0 fully saturated rings. The van der Waals surface area contributed by atoms with E-state index >= 15 is 0 Å². The number of para-hydroxylation sites is 3. The van der Waals surface area contributed by atoms with E-state index in [4.69, 9.17) is 9.47 Å². The molecule has 0 saturated carbocycles. The van der Waals surface area contributed by atoms with Crippen LogP contribution >= 0.6 is 12.4 Å². The Labute approximate surface area is 152 Å². The molecule has 0 aliphatic rings. The first kappa shape index (κ1) is 20.3. The summed E-state index contributed by atoms with van der Waals surface area (Å²) in [6.07, 6.45) is 2.35. The minimum Gasteiger partial charge on any atom is -0.488 e. The van der Waals surface area contributed by atoms with Crippen LogP contribution in [0.5, 0.6) is 17.2 Å².